The standard InChI is InChI=1S/C21H25N3O2/c1-15-13-24(14-18(15)22)21(26)20(25)23-19(17-10-6-3-7-11-17)12-16-8-4-2-5-9-16/h2-11,15,18-19H,12-14,22H2,1H3,(H,23,25). The van der Waals surface area contributed by atoms with Gasteiger partial charge in [0.25, 0.3) is 0 Å². The number of hydrogen-bond acceptors (Lipinski definition) is 3. The zero-order chi connectivity index (χ0) is 18.5. The summed E-state index contributed by atoms with van der Waals surface area (Å²) in [4.78, 5) is 26.6. The molecule has 2 aromatic carbocycles. The number of carbonyl (C=O) groups is 2. The molecule has 5 nitrogen and oxygen atoms in total. The van der Waals surface area contributed by atoms with Gasteiger partial charge < -0.3 is 16.0 Å². The summed E-state index contributed by atoms with van der Waals surface area (Å²) in [6, 6.07) is 19.3. The number of nitrogens with two attached hydrogens (primary N) is 1. The Morgan fingerprint density at radius 1 is 1.08 bits per heavy atom. The minimum Gasteiger partial charge on any atom is -0.341 e. The monoisotopic (exact) mass is 351 g/mol. The van der Waals surface area contributed by atoms with Crippen LogP contribution >= 0.6 is 0 Å². The van der Waals surface area contributed by atoms with E-state index < -0.39 is 11.8 Å². The average Bonchev–Trinajstić information content (AvgIpc) is 3.00. The quantitative estimate of drug-likeness (QED) is 0.826. The summed E-state index contributed by atoms with van der Waals surface area (Å²) < 4.78 is 0. The zero-order valence-corrected chi connectivity index (χ0v) is 15.0. The van der Waals surface area contributed by atoms with Crippen molar-refractivity contribution in [2.45, 2.75) is 25.4 Å². The van der Waals surface area contributed by atoms with Crippen molar-refractivity contribution < 1.29 is 9.59 Å². The van der Waals surface area contributed by atoms with Crippen LogP contribution in [0.1, 0.15) is 24.1 Å². The Morgan fingerprint density at radius 3 is 2.27 bits per heavy atom. The molecule has 1 aliphatic heterocycles. The lowest BCUT2D eigenvalue weighted by Crippen LogP contribution is -2.44. The van der Waals surface area contributed by atoms with E-state index in [2.05, 4.69) is 5.32 Å². The fourth-order valence-electron chi connectivity index (χ4n) is 3.31. The van der Waals surface area contributed by atoms with Crippen LogP contribution in [0.25, 0.3) is 0 Å². The largest absolute Gasteiger partial charge is 0.341 e. The molecule has 0 aliphatic carbocycles. The Morgan fingerprint density at radius 2 is 1.69 bits per heavy atom. The highest BCUT2D eigenvalue weighted by Crippen LogP contribution is 2.19. The molecule has 0 aromatic heterocycles. The smallest absolute Gasteiger partial charge is 0.311 e. The number of hydrogen-bond donors (Lipinski definition) is 2. The van der Waals surface area contributed by atoms with Crippen LogP contribution in [-0.4, -0.2) is 35.8 Å². The fourth-order valence-corrected chi connectivity index (χ4v) is 3.31. The SMILES string of the molecule is CC1CN(C(=O)C(=O)NC(Cc2ccccc2)c2ccccc2)CC1N. The molecule has 5 heteroatoms. The van der Waals surface area contributed by atoms with Crippen molar-refractivity contribution in [3.63, 3.8) is 0 Å². The molecule has 1 saturated heterocycles. The van der Waals surface area contributed by atoms with Crippen LogP contribution in [0.5, 0.6) is 0 Å². The van der Waals surface area contributed by atoms with Gasteiger partial charge in [0.1, 0.15) is 0 Å². The lowest BCUT2D eigenvalue weighted by Gasteiger charge is -2.21. The Balaban J connectivity index is 1.73. The molecular formula is C21H25N3O2. The van der Waals surface area contributed by atoms with Gasteiger partial charge in [0.05, 0.1) is 6.04 Å². The second-order valence-electron chi connectivity index (χ2n) is 6.98. The van der Waals surface area contributed by atoms with Gasteiger partial charge in [-0.2, -0.15) is 0 Å². The number of nitrogens with zero attached hydrogens (tertiary/aromatic N) is 1. The van der Waals surface area contributed by atoms with Crippen LogP contribution in [-0.2, 0) is 16.0 Å². The van der Waals surface area contributed by atoms with Gasteiger partial charge in [0, 0.05) is 19.1 Å². The van der Waals surface area contributed by atoms with Crippen LogP contribution in [0.4, 0.5) is 0 Å². The fraction of sp³-hybridized carbons (Fsp3) is 0.333. The second kappa shape index (κ2) is 8.15. The van der Waals surface area contributed by atoms with E-state index in [4.69, 9.17) is 5.73 Å². The molecule has 3 atom stereocenters. The first-order valence-electron chi connectivity index (χ1n) is 8.99. The van der Waals surface area contributed by atoms with Crippen molar-refractivity contribution in [2.75, 3.05) is 13.1 Å². The van der Waals surface area contributed by atoms with E-state index in [1.54, 1.807) is 4.90 Å². The maximum absolute atomic E-state index is 12.6. The third-order valence-corrected chi connectivity index (χ3v) is 4.94. The predicted octanol–water partition coefficient (Wildman–Crippen LogP) is 1.89. The van der Waals surface area contributed by atoms with Gasteiger partial charge in [-0.25, -0.2) is 0 Å². The number of nitrogens with one attached hydrogen (secondary N) is 1. The summed E-state index contributed by atoms with van der Waals surface area (Å²) in [7, 11) is 0. The van der Waals surface area contributed by atoms with Gasteiger partial charge in [0.15, 0.2) is 0 Å². The van der Waals surface area contributed by atoms with Crippen molar-refractivity contribution in [2.24, 2.45) is 11.7 Å². The first-order chi connectivity index (χ1) is 12.5. The topological polar surface area (TPSA) is 75.4 Å². The summed E-state index contributed by atoms with van der Waals surface area (Å²) in [5, 5.41) is 2.92. The predicted molar refractivity (Wildman–Crippen MR) is 101 cm³/mol. The molecule has 3 unspecified atom stereocenters. The lowest BCUT2D eigenvalue weighted by molar-refractivity contribution is -0.145. The molecule has 3 rings (SSSR count). The maximum Gasteiger partial charge on any atom is 0.311 e. The van der Waals surface area contributed by atoms with E-state index in [9.17, 15) is 9.59 Å². The minimum atomic E-state index is -0.573. The summed E-state index contributed by atoms with van der Waals surface area (Å²) in [6.45, 7) is 2.96. The number of rotatable bonds is 4. The Kier molecular flexibility index (Phi) is 5.68. The van der Waals surface area contributed by atoms with Crippen molar-refractivity contribution in [3.8, 4) is 0 Å². The number of benzene rings is 2. The number of amides is 2. The van der Waals surface area contributed by atoms with Gasteiger partial charge >= 0.3 is 11.8 Å². The molecule has 1 fully saturated rings. The summed E-state index contributed by atoms with van der Waals surface area (Å²) in [5.74, 6) is -0.865. The van der Waals surface area contributed by atoms with Crippen molar-refractivity contribution >= 4 is 11.8 Å². The number of carbonyl (C=O) groups excluding carboxylic acids is 2. The first-order valence-corrected chi connectivity index (χ1v) is 8.99. The molecule has 3 N–H and O–H groups in total. The molecule has 2 aromatic rings. The van der Waals surface area contributed by atoms with E-state index >= 15 is 0 Å². The molecule has 1 aliphatic rings. The highest BCUT2D eigenvalue weighted by Gasteiger charge is 2.33. The van der Waals surface area contributed by atoms with Gasteiger partial charge in [-0.05, 0) is 23.5 Å². The normalized spacial score (nSPS) is 20.6. The molecule has 0 spiro atoms. The van der Waals surface area contributed by atoms with Gasteiger partial charge in [0.2, 0.25) is 0 Å². The van der Waals surface area contributed by atoms with Crippen LogP contribution in [0.15, 0.2) is 60.7 Å². The highest BCUT2D eigenvalue weighted by atomic mass is 16.2. The van der Waals surface area contributed by atoms with Gasteiger partial charge in [-0.3, -0.25) is 9.59 Å². The van der Waals surface area contributed by atoms with Crippen LogP contribution in [0, 0.1) is 5.92 Å². The Hall–Kier alpha value is -2.66. The molecule has 1 heterocycles. The maximum atomic E-state index is 12.6. The van der Waals surface area contributed by atoms with Gasteiger partial charge in [-0.15, -0.1) is 0 Å². The average molecular weight is 351 g/mol. The summed E-state index contributed by atoms with van der Waals surface area (Å²) in [5.41, 5.74) is 8.05. The van der Waals surface area contributed by atoms with E-state index in [1.165, 1.54) is 0 Å². The molecule has 136 valence electrons. The van der Waals surface area contributed by atoms with Crippen LogP contribution < -0.4 is 11.1 Å². The third-order valence-electron chi connectivity index (χ3n) is 4.94. The number of likely N-dealkylation sites (tertiary alicyclic amines) is 1. The molecule has 0 radical (unpaired) electrons. The molecule has 0 bridgehead atoms. The molecular weight excluding hydrogens is 326 g/mol. The summed E-state index contributed by atoms with van der Waals surface area (Å²) in [6.07, 6.45) is 0.625. The van der Waals surface area contributed by atoms with Gasteiger partial charge in [-0.1, -0.05) is 67.6 Å². The van der Waals surface area contributed by atoms with Crippen molar-refractivity contribution in [1.29, 1.82) is 0 Å². The Bertz CT molecular complexity index is 738. The van der Waals surface area contributed by atoms with E-state index in [1.807, 2.05) is 67.6 Å². The molecule has 0 saturated carbocycles. The highest BCUT2D eigenvalue weighted by molar-refractivity contribution is 6.35. The first kappa shape index (κ1) is 18.1. The van der Waals surface area contributed by atoms with Crippen molar-refractivity contribution in [3.05, 3.63) is 71.8 Å². The van der Waals surface area contributed by atoms with E-state index in [0.717, 1.165) is 11.1 Å². The zero-order valence-electron chi connectivity index (χ0n) is 15.0. The van der Waals surface area contributed by atoms with E-state index in [0.29, 0.717) is 19.5 Å². The minimum absolute atomic E-state index is 0.0685. The lowest BCUT2D eigenvalue weighted by atomic mass is 9.99. The Labute approximate surface area is 154 Å². The summed E-state index contributed by atoms with van der Waals surface area (Å²) >= 11 is 0. The third kappa shape index (κ3) is 4.29. The van der Waals surface area contributed by atoms with Crippen LogP contribution in [0.2, 0.25) is 0 Å². The van der Waals surface area contributed by atoms with Crippen molar-refractivity contribution in [1.82, 2.24) is 10.2 Å². The van der Waals surface area contributed by atoms with E-state index in [-0.39, 0.29) is 18.0 Å². The second-order valence-corrected chi connectivity index (χ2v) is 6.98. The van der Waals surface area contributed by atoms with Crippen LogP contribution in [0.3, 0.4) is 0 Å². The molecule has 26 heavy (non-hydrogen) atoms. The molecule has 2 amide bonds.